The molecule has 1 aromatic heterocycles. The Kier molecular flexibility index (Phi) is 4.19. The Morgan fingerprint density at radius 2 is 2.17 bits per heavy atom. The van der Waals surface area contributed by atoms with E-state index in [2.05, 4.69) is 62.8 Å². The SMILES string of the molecule is Cc1nccn1-c1ccc(CNC(C)C)cc1Br. The number of halogens is 1. The van der Waals surface area contributed by atoms with E-state index in [9.17, 15) is 0 Å². The molecule has 1 heterocycles. The van der Waals surface area contributed by atoms with Gasteiger partial charge in [0.05, 0.1) is 5.69 Å². The van der Waals surface area contributed by atoms with Crippen molar-refractivity contribution in [1.82, 2.24) is 14.9 Å². The lowest BCUT2D eigenvalue weighted by atomic mass is 10.2. The molecule has 0 amide bonds. The number of hydrogen-bond donors (Lipinski definition) is 1. The predicted octanol–water partition coefficient (Wildman–Crippen LogP) is 3.44. The van der Waals surface area contributed by atoms with E-state index in [1.165, 1.54) is 5.56 Å². The fourth-order valence-corrected chi connectivity index (χ4v) is 2.43. The lowest BCUT2D eigenvalue weighted by Gasteiger charge is -2.12. The van der Waals surface area contributed by atoms with E-state index in [-0.39, 0.29) is 0 Å². The lowest BCUT2D eigenvalue weighted by Crippen LogP contribution is -2.21. The van der Waals surface area contributed by atoms with E-state index in [1.807, 2.05) is 19.3 Å². The van der Waals surface area contributed by atoms with Crippen molar-refractivity contribution in [3.05, 3.63) is 46.5 Å². The zero-order chi connectivity index (χ0) is 13.1. The van der Waals surface area contributed by atoms with E-state index >= 15 is 0 Å². The smallest absolute Gasteiger partial charge is 0.110 e. The molecule has 18 heavy (non-hydrogen) atoms. The number of aryl methyl sites for hydroxylation is 1. The molecule has 0 unspecified atom stereocenters. The molecule has 1 N–H and O–H groups in total. The lowest BCUT2D eigenvalue weighted by molar-refractivity contribution is 0.588. The monoisotopic (exact) mass is 307 g/mol. The third-order valence-electron chi connectivity index (χ3n) is 2.81. The topological polar surface area (TPSA) is 29.9 Å². The van der Waals surface area contributed by atoms with Crippen molar-refractivity contribution in [2.45, 2.75) is 33.4 Å². The minimum Gasteiger partial charge on any atom is -0.310 e. The summed E-state index contributed by atoms with van der Waals surface area (Å²) in [5, 5.41) is 3.41. The van der Waals surface area contributed by atoms with Gasteiger partial charge in [0, 0.05) is 29.5 Å². The Balaban J connectivity index is 2.23. The molecule has 0 saturated heterocycles. The standard InChI is InChI=1S/C14H18BrN3/c1-10(2)17-9-12-4-5-14(13(15)8-12)18-7-6-16-11(18)3/h4-8,10,17H,9H2,1-3H3. The van der Waals surface area contributed by atoms with Crippen LogP contribution in [-0.4, -0.2) is 15.6 Å². The third kappa shape index (κ3) is 3.00. The van der Waals surface area contributed by atoms with Crippen molar-refractivity contribution in [3.63, 3.8) is 0 Å². The molecule has 0 radical (unpaired) electrons. The summed E-state index contributed by atoms with van der Waals surface area (Å²) in [6.07, 6.45) is 3.79. The number of benzene rings is 1. The van der Waals surface area contributed by atoms with Crippen LogP contribution in [0.3, 0.4) is 0 Å². The van der Waals surface area contributed by atoms with Crippen LogP contribution in [0.2, 0.25) is 0 Å². The summed E-state index contributed by atoms with van der Waals surface area (Å²) in [5.74, 6) is 0.990. The quantitative estimate of drug-likeness (QED) is 0.937. The van der Waals surface area contributed by atoms with Gasteiger partial charge in [0.25, 0.3) is 0 Å². The van der Waals surface area contributed by atoms with Crippen molar-refractivity contribution in [3.8, 4) is 5.69 Å². The normalized spacial score (nSPS) is 11.2. The van der Waals surface area contributed by atoms with Crippen LogP contribution in [0.25, 0.3) is 5.69 Å². The number of imidazole rings is 1. The highest BCUT2D eigenvalue weighted by molar-refractivity contribution is 9.10. The van der Waals surface area contributed by atoms with Gasteiger partial charge in [0.2, 0.25) is 0 Å². The molecule has 1 aromatic carbocycles. The Morgan fingerprint density at radius 1 is 1.39 bits per heavy atom. The van der Waals surface area contributed by atoms with Gasteiger partial charge in [-0.1, -0.05) is 19.9 Å². The van der Waals surface area contributed by atoms with E-state index in [0.717, 1.165) is 22.5 Å². The molecule has 2 aromatic rings. The molecule has 0 aliphatic carbocycles. The Morgan fingerprint density at radius 3 is 2.72 bits per heavy atom. The summed E-state index contributed by atoms with van der Waals surface area (Å²) < 4.78 is 3.16. The number of hydrogen-bond acceptors (Lipinski definition) is 2. The van der Waals surface area contributed by atoms with E-state index in [1.54, 1.807) is 0 Å². The molecule has 4 heteroatoms. The predicted molar refractivity (Wildman–Crippen MR) is 78.0 cm³/mol. The van der Waals surface area contributed by atoms with Crippen molar-refractivity contribution in [2.24, 2.45) is 0 Å². The summed E-state index contributed by atoms with van der Waals surface area (Å²) in [6, 6.07) is 6.93. The van der Waals surface area contributed by atoms with Gasteiger partial charge in [-0.2, -0.15) is 0 Å². The average molecular weight is 308 g/mol. The summed E-state index contributed by atoms with van der Waals surface area (Å²) in [5.41, 5.74) is 2.40. The highest BCUT2D eigenvalue weighted by atomic mass is 79.9. The first-order valence-electron chi connectivity index (χ1n) is 6.10. The third-order valence-corrected chi connectivity index (χ3v) is 3.45. The van der Waals surface area contributed by atoms with Crippen molar-refractivity contribution < 1.29 is 0 Å². The van der Waals surface area contributed by atoms with Gasteiger partial charge in [0.15, 0.2) is 0 Å². The molecule has 3 nitrogen and oxygen atoms in total. The molecular formula is C14H18BrN3. The van der Waals surface area contributed by atoms with Gasteiger partial charge >= 0.3 is 0 Å². The molecule has 0 bridgehead atoms. The maximum atomic E-state index is 4.25. The second-order valence-corrected chi connectivity index (χ2v) is 5.52. The molecule has 0 spiro atoms. The van der Waals surface area contributed by atoms with Crippen LogP contribution in [0.1, 0.15) is 25.2 Å². The Hall–Kier alpha value is -1.13. The van der Waals surface area contributed by atoms with E-state index < -0.39 is 0 Å². The van der Waals surface area contributed by atoms with Gasteiger partial charge in [-0.25, -0.2) is 4.98 Å². The van der Waals surface area contributed by atoms with Crippen LogP contribution in [-0.2, 0) is 6.54 Å². The molecule has 0 fully saturated rings. The second-order valence-electron chi connectivity index (χ2n) is 4.67. The molecule has 0 aliphatic heterocycles. The fraction of sp³-hybridized carbons (Fsp3) is 0.357. The minimum atomic E-state index is 0.499. The van der Waals surface area contributed by atoms with E-state index in [0.29, 0.717) is 6.04 Å². The van der Waals surface area contributed by atoms with Gasteiger partial charge in [-0.15, -0.1) is 0 Å². The number of nitrogens with one attached hydrogen (secondary N) is 1. The van der Waals surface area contributed by atoms with Gasteiger partial charge in [-0.3, -0.25) is 0 Å². The van der Waals surface area contributed by atoms with Crippen LogP contribution in [0.15, 0.2) is 35.1 Å². The maximum absolute atomic E-state index is 4.25. The van der Waals surface area contributed by atoms with Gasteiger partial charge in [0.1, 0.15) is 5.82 Å². The molecule has 0 saturated carbocycles. The van der Waals surface area contributed by atoms with Crippen LogP contribution in [0.4, 0.5) is 0 Å². The number of rotatable bonds is 4. The van der Waals surface area contributed by atoms with Gasteiger partial charge < -0.3 is 9.88 Å². The molecule has 0 aliphatic rings. The first-order valence-corrected chi connectivity index (χ1v) is 6.89. The number of nitrogens with zero attached hydrogens (tertiary/aromatic N) is 2. The summed E-state index contributed by atoms with van der Waals surface area (Å²) >= 11 is 3.63. The van der Waals surface area contributed by atoms with Crippen LogP contribution >= 0.6 is 15.9 Å². The zero-order valence-electron chi connectivity index (χ0n) is 10.9. The molecular weight excluding hydrogens is 290 g/mol. The number of aromatic nitrogens is 2. The molecule has 96 valence electrons. The largest absolute Gasteiger partial charge is 0.310 e. The van der Waals surface area contributed by atoms with Crippen LogP contribution < -0.4 is 5.32 Å². The maximum Gasteiger partial charge on any atom is 0.110 e. The Bertz CT molecular complexity index is 532. The van der Waals surface area contributed by atoms with Crippen molar-refractivity contribution in [2.75, 3.05) is 0 Å². The van der Waals surface area contributed by atoms with Crippen molar-refractivity contribution in [1.29, 1.82) is 0 Å². The van der Waals surface area contributed by atoms with Gasteiger partial charge in [-0.05, 0) is 40.5 Å². The van der Waals surface area contributed by atoms with E-state index in [4.69, 9.17) is 0 Å². The van der Waals surface area contributed by atoms with Crippen LogP contribution in [0, 0.1) is 6.92 Å². The highest BCUT2D eigenvalue weighted by Gasteiger charge is 2.06. The second kappa shape index (κ2) is 5.67. The molecule has 2 rings (SSSR count). The van der Waals surface area contributed by atoms with Crippen molar-refractivity contribution >= 4 is 15.9 Å². The highest BCUT2D eigenvalue weighted by Crippen LogP contribution is 2.23. The summed E-state index contributed by atoms with van der Waals surface area (Å²) in [6.45, 7) is 7.19. The summed E-state index contributed by atoms with van der Waals surface area (Å²) in [4.78, 5) is 4.25. The zero-order valence-corrected chi connectivity index (χ0v) is 12.5. The average Bonchev–Trinajstić information content (AvgIpc) is 2.73. The molecule has 0 atom stereocenters. The van der Waals surface area contributed by atoms with Crippen LogP contribution in [0.5, 0.6) is 0 Å². The first-order chi connectivity index (χ1) is 8.58. The Labute approximate surface area is 116 Å². The fourth-order valence-electron chi connectivity index (χ4n) is 1.81. The minimum absolute atomic E-state index is 0.499. The summed E-state index contributed by atoms with van der Waals surface area (Å²) in [7, 11) is 0. The first kappa shape index (κ1) is 13.3.